The highest BCUT2D eigenvalue weighted by molar-refractivity contribution is 9.10. The Balaban J connectivity index is 1.51. The van der Waals surface area contributed by atoms with Crippen molar-refractivity contribution in [2.24, 2.45) is 0 Å². The van der Waals surface area contributed by atoms with Crippen LogP contribution < -0.4 is 10.1 Å². The number of carbonyl (C=O) groups excluding carboxylic acids is 1. The lowest BCUT2D eigenvalue weighted by Crippen LogP contribution is -2.28. The van der Waals surface area contributed by atoms with Crippen LogP contribution in [-0.4, -0.2) is 22.7 Å². The zero-order chi connectivity index (χ0) is 18.5. The predicted molar refractivity (Wildman–Crippen MR) is 101 cm³/mol. The predicted octanol–water partition coefficient (Wildman–Crippen LogP) is 4.16. The van der Waals surface area contributed by atoms with E-state index in [4.69, 9.17) is 20.9 Å². The van der Waals surface area contributed by atoms with Crippen LogP contribution in [0, 0.1) is 6.92 Å². The first-order valence-corrected chi connectivity index (χ1v) is 8.92. The maximum atomic E-state index is 11.9. The fourth-order valence-electron chi connectivity index (χ4n) is 2.15. The third-order valence-corrected chi connectivity index (χ3v) is 4.40. The summed E-state index contributed by atoms with van der Waals surface area (Å²) in [5, 5.41) is 7.24. The standard InChI is InChI=1S/C18H15BrClN3O3/c1-11-7-14(5-6-15(11)20)25-10-16(24)21-9-17-22-18(23-26-17)12-3-2-4-13(19)8-12/h2-8H,9-10H2,1H3,(H,21,24). The van der Waals surface area contributed by atoms with Gasteiger partial charge < -0.3 is 14.6 Å². The second-order valence-corrected chi connectivity index (χ2v) is 6.82. The van der Waals surface area contributed by atoms with Gasteiger partial charge in [0.1, 0.15) is 5.75 Å². The van der Waals surface area contributed by atoms with E-state index in [0.717, 1.165) is 15.6 Å². The summed E-state index contributed by atoms with van der Waals surface area (Å²) in [5.74, 6) is 1.07. The van der Waals surface area contributed by atoms with Gasteiger partial charge in [-0.25, -0.2) is 0 Å². The van der Waals surface area contributed by atoms with Crippen LogP contribution in [0.2, 0.25) is 5.02 Å². The Morgan fingerprint density at radius 2 is 2.15 bits per heavy atom. The highest BCUT2D eigenvalue weighted by atomic mass is 79.9. The summed E-state index contributed by atoms with van der Waals surface area (Å²) in [6.45, 7) is 1.88. The monoisotopic (exact) mass is 435 g/mol. The number of nitrogens with one attached hydrogen (secondary N) is 1. The topological polar surface area (TPSA) is 77.2 Å². The Morgan fingerprint density at radius 1 is 1.31 bits per heavy atom. The molecule has 3 rings (SSSR count). The summed E-state index contributed by atoms with van der Waals surface area (Å²) >= 11 is 9.35. The SMILES string of the molecule is Cc1cc(OCC(=O)NCc2nc(-c3cccc(Br)c3)no2)ccc1Cl. The number of aryl methyl sites for hydroxylation is 1. The van der Waals surface area contributed by atoms with Gasteiger partial charge in [0.15, 0.2) is 6.61 Å². The molecule has 0 aliphatic rings. The maximum Gasteiger partial charge on any atom is 0.258 e. The van der Waals surface area contributed by atoms with Crippen LogP contribution in [-0.2, 0) is 11.3 Å². The van der Waals surface area contributed by atoms with Crippen molar-refractivity contribution >= 4 is 33.4 Å². The number of aromatic nitrogens is 2. The zero-order valence-electron chi connectivity index (χ0n) is 13.8. The maximum absolute atomic E-state index is 11.9. The molecule has 0 unspecified atom stereocenters. The van der Waals surface area contributed by atoms with E-state index >= 15 is 0 Å². The summed E-state index contributed by atoms with van der Waals surface area (Å²) in [6, 6.07) is 12.8. The molecule has 0 saturated heterocycles. The van der Waals surface area contributed by atoms with Crippen molar-refractivity contribution in [2.45, 2.75) is 13.5 Å². The lowest BCUT2D eigenvalue weighted by atomic mass is 10.2. The molecule has 0 spiro atoms. The Bertz CT molecular complexity index is 930. The molecule has 3 aromatic rings. The number of halogens is 2. The Labute approximate surface area is 163 Å². The lowest BCUT2D eigenvalue weighted by molar-refractivity contribution is -0.123. The van der Waals surface area contributed by atoms with Crippen molar-refractivity contribution in [2.75, 3.05) is 6.61 Å². The van der Waals surface area contributed by atoms with Gasteiger partial charge in [0.25, 0.3) is 5.91 Å². The van der Waals surface area contributed by atoms with Crippen molar-refractivity contribution in [3.8, 4) is 17.1 Å². The minimum atomic E-state index is -0.292. The number of benzene rings is 2. The third kappa shape index (κ3) is 4.83. The highest BCUT2D eigenvalue weighted by Crippen LogP contribution is 2.21. The molecule has 1 N–H and O–H groups in total. The van der Waals surface area contributed by atoms with Crippen molar-refractivity contribution in [3.05, 3.63) is 63.4 Å². The second kappa shape index (κ2) is 8.33. The summed E-state index contributed by atoms with van der Waals surface area (Å²) < 4.78 is 11.5. The molecule has 1 heterocycles. The number of nitrogens with zero attached hydrogens (tertiary/aromatic N) is 2. The minimum absolute atomic E-state index is 0.117. The summed E-state index contributed by atoms with van der Waals surface area (Å²) in [5.41, 5.74) is 1.71. The Morgan fingerprint density at radius 3 is 2.92 bits per heavy atom. The van der Waals surface area contributed by atoms with Gasteiger partial charge in [-0.1, -0.05) is 44.8 Å². The van der Waals surface area contributed by atoms with Crippen LogP contribution in [0.15, 0.2) is 51.5 Å². The average molecular weight is 437 g/mol. The van der Waals surface area contributed by atoms with E-state index in [1.54, 1.807) is 18.2 Å². The van der Waals surface area contributed by atoms with Crippen LogP contribution in [0.5, 0.6) is 5.75 Å². The van der Waals surface area contributed by atoms with Crippen molar-refractivity contribution < 1.29 is 14.1 Å². The molecule has 0 bridgehead atoms. The Hall–Kier alpha value is -2.38. The largest absolute Gasteiger partial charge is 0.484 e. The van der Waals surface area contributed by atoms with Crippen molar-refractivity contribution in [1.29, 1.82) is 0 Å². The first-order chi connectivity index (χ1) is 12.5. The number of rotatable bonds is 6. The van der Waals surface area contributed by atoms with Crippen LogP contribution in [0.25, 0.3) is 11.4 Å². The number of amides is 1. The number of hydrogen-bond acceptors (Lipinski definition) is 5. The van der Waals surface area contributed by atoms with E-state index in [-0.39, 0.29) is 19.1 Å². The highest BCUT2D eigenvalue weighted by Gasteiger charge is 2.11. The molecule has 0 aliphatic carbocycles. The van der Waals surface area contributed by atoms with Crippen molar-refractivity contribution in [1.82, 2.24) is 15.5 Å². The first kappa shape index (κ1) is 18.4. The normalized spacial score (nSPS) is 10.6. The molecule has 1 amide bonds. The fourth-order valence-corrected chi connectivity index (χ4v) is 2.67. The number of carbonyl (C=O) groups is 1. The number of ether oxygens (including phenoxy) is 1. The van der Waals surface area contributed by atoms with Crippen LogP contribution in [0.3, 0.4) is 0 Å². The van der Waals surface area contributed by atoms with Gasteiger partial charge in [-0.3, -0.25) is 4.79 Å². The van der Waals surface area contributed by atoms with E-state index in [1.165, 1.54) is 0 Å². The molecule has 6 nitrogen and oxygen atoms in total. The molecular weight excluding hydrogens is 422 g/mol. The molecule has 0 atom stereocenters. The quantitative estimate of drug-likeness (QED) is 0.628. The second-order valence-electron chi connectivity index (χ2n) is 5.50. The average Bonchev–Trinajstić information content (AvgIpc) is 3.10. The lowest BCUT2D eigenvalue weighted by Gasteiger charge is -2.07. The van der Waals surface area contributed by atoms with E-state index in [1.807, 2.05) is 31.2 Å². The fraction of sp³-hybridized carbons (Fsp3) is 0.167. The van der Waals surface area contributed by atoms with Gasteiger partial charge in [0.2, 0.25) is 11.7 Å². The third-order valence-electron chi connectivity index (χ3n) is 3.49. The molecule has 2 aromatic carbocycles. The molecule has 0 radical (unpaired) electrons. The van der Waals surface area contributed by atoms with Crippen LogP contribution in [0.1, 0.15) is 11.5 Å². The molecule has 0 fully saturated rings. The smallest absolute Gasteiger partial charge is 0.258 e. The first-order valence-electron chi connectivity index (χ1n) is 7.75. The molecule has 0 saturated carbocycles. The molecule has 134 valence electrons. The van der Waals surface area contributed by atoms with Gasteiger partial charge in [0, 0.05) is 15.1 Å². The summed E-state index contributed by atoms with van der Waals surface area (Å²) in [7, 11) is 0. The zero-order valence-corrected chi connectivity index (χ0v) is 16.2. The van der Waals surface area contributed by atoms with Crippen LogP contribution in [0.4, 0.5) is 0 Å². The molecule has 26 heavy (non-hydrogen) atoms. The van der Waals surface area contributed by atoms with Gasteiger partial charge in [-0.2, -0.15) is 4.98 Å². The van der Waals surface area contributed by atoms with Gasteiger partial charge in [-0.05, 0) is 42.8 Å². The number of hydrogen-bond donors (Lipinski definition) is 1. The van der Waals surface area contributed by atoms with Crippen LogP contribution >= 0.6 is 27.5 Å². The van der Waals surface area contributed by atoms with Gasteiger partial charge >= 0.3 is 0 Å². The summed E-state index contributed by atoms with van der Waals surface area (Å²) in [4.78, 5) is 16.2. The van der Waals surface area contributed by atoms with E-state index in [0.29, 0.717) is 22.5 Å². The molecule has 1 aromatic heterocycles. The van der Waals surface area contributed by atoms with E-state index < -0.39 is 0 Å². The van der Waals surface area contributed by atoms with Gasteiger partial charge in [-0.15, -0.1) is 0 Å². The molecule has 8 heteroatoms. The molecule has 0 aliphatic heterocycles. The Kier molecular flexibility index (Phi) is 5.90. The minimum Gasteiger partial charge on any atom is -0.484 e. The molecular formula is C18H15BrClN3O3. The van der Waals surface area contributed by atoms with E-state index in [9.17, 15) is 4.79 Å². The van der Waals surface area contributed by atoms with Gasteiger partial charge in [0.05, 0.1) is 6.54 Å². The van der Waals surface area contributed by atoms with Crippen molar-refractivity contribution in [3.63, 3.8) is 0 Å². The van der Waals surface area contributed by atoms with E-state index in [2.05, 4.69) is 31.4 Å². The summed E-state index contributed by atoms with van der Waals surface area (Å²) in [6.07, 6.45) is 0.